The van der Waals surface area contributed by atoms with Crippen molar-refractivity contribution in [3.63, 3.8) is 0 Å². The van der Waals surface area contributed by atoms with Crippen LogP contribution in [0.3, 0.4) is 0 Å². The van der Waals surface area contributed by atoms with Crippen molar-refractivity contribution >= 4 is 21.6 Å². The molecule has 0 fully saturated rings. The molecule has 0 atom stereocenters. The highest BCUT2D eigenvalue weighted by Gasteiger charge is 2.37. The number of ether oxygens (including phenoxy) is 1. The first kappa shape index (κ1) is 12.5. The summed E-state index contributed by atoms with van der Waals surface area (Å²) in [5, 5.41) is 0. The molecule has 0 unspecified atom stereocenters. The molecule has 0 amide bonds. The van der Waals surface area contributed by atoms with Crippen LogP contribution in [0.5, 0.6) is 5.75 Å². The van der Waals surface area contributed by atoms with Gasteiger partial charge in [-0.25, -0.2) is 0 Å². The lowest BCUT2D eigenvalue weighted by atomic mass is 9.82. The first-order valence-electron chi connectivity index (χ1n) is 6.24. The van der Waals surface area contributed by atoms with E-state index in [2.05, 4.69) is 54.0 Å². The molecule has 0 saturated carbocycles. The Labute approximate surface area is 121 Å². The molecule has 19 heavy (non-hydrogen) atoms. The van der Waals surface area contributed by atoms with E-state index in [0.717, 1.165) is 15.8 Å². The summed E-state index contributed by atoms with van der Waals surface area (Å²) < 4.78 is 6.63. The van der Waals surface area contributed by atoms with Gasteiger partial charge in [0.05, 0.1) is 12.8 Å². The Balaban J connectivity index is 2.42. The molecule has 1 aliphatic carbocycles. The van der Waals surface area contributed by atoms with Crippen molar-refractivity contribution < 1.29 is 4.74 Å². The quantitative estimate of drug-likeness (QED) is 0.794. The van der Waals surface area contributed by atoms with Crippen molar-refractivity contribution in [2.24, 2.45) is 0 Å². The van der Waals surface area contributed by atoms with E-state index in [1.165, 1.54) is 16.7 Å². The van der Waals surface area contributed by atoms with Crippen LogP contribution in [-0.4, -0.2) is 7.11 Å². The van der Waals surface area contributed by atoms with Crippen LogP contribution < -0.4 is 10.5 Å². The van der Waals surface area contributed by atoms with Crippen LogP contribution in [0.2, 0.25) is 0 Å². The number of rotatable bonds is 1. The van der Waals surface area contributed by atoms with Crippen molar-refractivity contribution in [2.45, 2.75) is 19.3 Å². The van der Waals surface area contributed by atoms with Gasteiger partial charge in [0, 0.05) is 15.5 Å². The minimum atomic E-state index is -0.0323. The number of fused-ring (bicyclic) bond motifs is 3. The average molecular weight is 318 g/mol. The number of nitrogens with two attached hydrogens (primary N) is 1. The molecule has 0 radical (unpaired) electrons. The lowest BCUT2D eigenvalue weighted by molar-refractivity contribution is 0.418. The van der Waals surface area contributed by atoms with Crippen molar-refractivity contribution in [1.82, 2.24) is 0 Å². The number of benzene rings is 2. The molecule has 0 bridgehead atoms. The predicted octanol–water partition coefficient (Wildman–Crippen LogP) is 4.35. The molecule has 2 aromatic rings. The van der Waals surface area contributed by atoms with Crippen molar-refractivity contribution in [3.05, 3.63) is 45.9 Å². The van der Waals surface area contributed by atoms with Gasteiger partial charge >= 0.3 is 0 Å². The summed E-state index contributed by atoms with van der Waals surface area (Å²) in [6.07, 6.45) is 0. The van der Waals surface area contributed by atoms with E-state index in [-0.39, 0.29) is 5.41 Å². The Morgan fingerprint density at radius 3 is 2.53 bits per heavy atom. The summed E-state index contributed by atoms with van der Waals surface area (Å²) in [5.74, 6) is 0.784. The van der Waals surface area contributed by atoms with E-state index in [1.807, 2.05) is 6.07 Å². The van der Waals surface area contributed by atoms with Crippen molar-refractivity contribution in [1.29, 1.82) is 0 Å². The zero-order chi connectivity index (χ0) is 13.8. The molecule has 3 heteroatoms. The van der Waals surface area contributed by atoms with E-state index >= 15 is 0 Å². The van der Waals surface area contributed by atoms with Crippen LogP contribution in [0.4, 0.5) is 5.69 Å². The number of nitrogen functional groups attached to an aromatic ring is 1. The van der Waals surface area contributed by atoms with E-state index in [4.69, 9.17) is 10.5 Å². The molecule has 0 aliphatic heterocycles. The Morgan fingerprint density at radius 1 is 1.11 bits per heavy atom. The van der Waals surface area contributed by atoms with Crippen LogP contribution >= 0.6 is 15.9 Å². The molecule has 2 N–H and O–H groups in total. The summed E-state index contributed by atoms with van der Waals surface area (Å²) in [6.45, 7) is 4.47. The molecule has 1 aliphatic rings. The predicted molar refractivity (Wildman–Crippen MR) is 82.7 cm³/mol. The van der Waals surface area contributed by atoms with E-state index in [1.54, 1.807) is 7.11 Å². The van der Waals surface area contributed by atoms with E-state index in [0.29, 0.717) is 5.69 Å². The SMILES string of the molecule is COc1c(N)ccc2c1-c1ccc(Br)cc1C2(C)C. The molecule has 2 aromatic carbocycles. The van der Waals surface area contributed by atoms with E-state index in [9.17, 15) is 0 Å². The van der Waals surface area contributed by atoms with Gasteiger partial charge < -0.3 is 10.5 Å². The van der Waals surface area contributed by atoms with Gasteiger partial charge in [-0.15, -0.1) is 0 Å². The molecule has 3 rings (SSSR count). The maximum Gasteiger partial charge on any atom is 0.149 e. The highest BCUT2D eigenvalue weighted by Crippen LogP contribution is 2.53. The summed E-state index contributed by atoms with van der Waals surface area (Å²) in [7, 11) is 1.68. The fraction of sp³-hybridized carbons (Fsp3) is 0.250. The average Bonchev–Trinajstić information content (AvgIpc) is 2.58. The minimum absolute atomic E-state index is 0.0323. The van der Waals surface area contributed by atoms with Crippen LogP contribution in [-0.2, 0) is 5.41 Å². The van der Waals surface area contributed by atoms with Gasteiger partial charge in [0.15, 0.2) is 0 Å². The maximum atomic E-state index is 6.05. The van der Waals surface area contributed by atoms with Gasteiger partial charge in [-0.1, -0.05) is 41.9 Å². The summed E-state index contributed by atoms with van der Waals surface area (Å²) in [6, 6.07) is 10.4. The maximum absolute atomic E-state index is 6.05. The number of anilines is 1. The third-order valence-electron chi connectivity index (χ3n) is 3.99. The van der Waals surface area contributed by atoms with Gasteiger partial charge in [0.1, 0.15) is 5.75 Å². The Morgan fingerprint density at radius 2 is 1.84 bits per heavy atom. The molecule has 98 valence electrons. The second kappa shape index (κ2) is 4.01. The molecule has 0 heterocycles. The van der Waals surface area contributed by atoms with Crippen LogP contribution in [0.25, 0.3) is 11.1 Å². The molecule has 0 spiro atoms. The summed E-state index contributed by atoms with van der Waals surface area (Å²) >= 11 is 3.56. The Kier molecular flexibility index (Phi) is 2.65. The topological polar surface area (TPSA) is 35.2 Å². The van der Waals surface area contributed by atoms with Crippen LogP contribution in [0.1, 0.15) is 25.0 Å². The van der Waals surface area contributed by atoms with Crippen molar-refractivity contribution in [3.8, 4) is 16.9 Å². The molecular weight excluding hydrogens is 302 g/mol. The third-order valence-corrected chi connectivity index (χ3v) is 4.48. The first-order chi connectivity index (χ1) is 8.96. The number of hydrogen-bond donors (Lipinski definition) is 1. The van der Waals surface area contributed by atoms with Gasteiger partial charge in [0.25, 0.3) is 0 Å². The van der Waals surface area contributed by atoms with Gasteiger partial charge in [-0.05, 0) is 34.9 Å². The second-order valence-corrected chi connectivity index (χ2v) is 6.34. The zero-order valence-corrected chi connectivity index (χ0v) is 12.8. The van der Waals surface area contributed by atoms with E-state index < -0.39 is 0 Å². The fourth-order valence-electron chi connectivity index (χ4n) is 3.00. The third kappa shape index (κ3) is 1.61. The number of hydrogen-bond acceptors (Lipinski definition) is 2. The summed E-state index contributed by atoms with van der Waals surface area (Å²) in [5.41, 5.74) is 11.6. The van der Waals surface area contributed by atoms with Gasteiger partial charge in [0.2, 0.25) is 0 Å². The highest BCUT2D eigenvalue weighted by molar-refractivity contribution is 9.10. The normalized spacial score (nSPS) is 14.9. The van der Waals surface area contributed by atoms with Crippen LogP contribution in [0.15, 0.2) is 34.8 Å². The molecule has 0 saturated heterocycles. The second-order valence-electron chi connectivity index (χ2n) is 5.43. The zero-order valence-electron chi connectivity index (χ0n) is 11.3. The Hall–Kier alpha value is -1.48. The van der Waals surface area contributed by atoms with Crippen LogP contribution in [0, 0.1) is 0 Å². The molecule has 0 aromatic heterocycles. The highest BCUT2D eigenvalue weighted by atomic mass is 79.9. The van der Waals surface area contributed by atoms with Gasteiger partial charge in [-0.3, -0.25) is 0 Å². The lowest BCUT2D eigenvalue weighted by Crippen LogP contribution is -2.15. The largest absolute Gasteiger partial charge is 0.494 e. The van der Waals surface area contributed by atoms with Crippen molar-refractivity contribution in [2.75, 3.05) is 12.8 Å². The smallest absolute Gasteiger partial charge is 0.149 e. The first-order valence-corrected chi connectivity index (χ1v) is 7.03. The summed E-state index contributed by atoms with van der Waals surface area (Å²) in [4.78, 5) is 0. The standard InChI is InChI=1S/C16H16BrNO/c1-16(2)11-6-7-13(18)15(19-3)14(11)10-5-4-9(17)8-12(10)16/h4-8H,18H2,1-3H3. The van der Waals surface area contributed by atoms with Gasteiger partial charge in [-0.2, -0.15) is 0 Å². The number of methoxy groups -OCH3 is 1. The Bertz CT molecular complexity index is 677. The monoisotopic (exact) mass is 317 g/mol. The lowest BCUT2D eigenvalue weighted by Gasteiger charge is -2.22. The molecule has 2 nitrogen and oxygen atoms in total. The molecular formula is C16H16BrNO. The minimum Gasteiger partial charge on any atom is -0.494 e. The fourth-order valence-corrected chi connectivity index (χ4v) is 3.36. The number of halogens is 1.